The van der Waals surface area contributed by atoms with Crippen LogP contribution in [0, 0.1) is 12.7 Å². The Morgan fingerprint density at radius 2 is 2.26 bits per heavy atom. The number of hydrogen-bond acceptors (Lipinski definition) is 5. The van der Waals surface area contributed by atoms with Crippen LogP contribution in [0.1, 0.15) is 23.9 Å². The van der Waals surface area contributed by atoms with Crippen molar-refractivity contribution in [2.75, 3.05) is 12.0 Å². The van der Waals surface area contributed by atoms with Crippen LogP contribution in [0.5, 0.6) is 0 Å². The minimum atomic E-state index is -0.321. The molecule has 4 nitrogen and oxygen atoms in total. The van der Waals surface area contributed by atoms with Crippen molar-refractivity contribution in [2.45, 2.75) is 19.4 Å². The molecule has 0 aliphatic rings. The summed E-state index contributed by atoms with van der Waals surface area (Å²) < 4.78 is 18.4. The molecule has 1 unspecified atom stereocenters. The van der Waals surface area contributed by atoms with Crippen LogP contribution in [0.25, 0.3) is 11.4 Å². The molecule has 2 rings (SSSR count). The smallest absolute Gasteiger partial charge is 0.243 e. The fourth-order valence-electron chi connectivity index (χ4n) is 1.70. The van der Waals surface area contributed by atoms with Crippen LogP contribution in [0.3, 0.4) is 0 Å². The van der Waals surface area contributed by atoms with E-state index in [0.717, 1.165) is 17.7 Å². The molecule has 0 amide bonds. The second kappa shape index (κ2) is 6.16. The van der Waals surface area contributed by atoms with Gasteiger partial charge in [-0.25, -0.2) is 4.39 Å². The molecular formula is C13H16FN3OS. The molecule has 0 saturated carbocycles. The first-order valence-electron chi connectivity index (χ1n) is 5.96. The summed E-state index contributed by atoms with van der Waals surface area (Å²) in [5, 5.41) is 3.88. The number of benzene rings is 1. The molecule has 19 heavy (non-hydrogen) atoms. The second-order valence-electron chi connectivity index (χ2n) is 4.30. The Morgan fingerprint density at radius 3 is 3.00 bits per heavy atom. The van der Waals surface area contributed by atoms with Gasteiger partial charge in [-0.2, -0.15) is 16.7 Å². The number of rotatable bonds is 5. The van der Waals surface area contributed by atoms with E-state index >= 15 is 0 Å². The topological polar surface area (TPSA) is 64.9 Å². The highest BCUT2D eigenvalue weighted by molar-refractivity contribution is 7.98. The van der Waals surface area contributed by atoms with Gasteiger partial charge in [-0.15, -0.1) is 0 Å². The zero-order valence-corrected chi connectivity index (χ0v) is 11.7. The van der Waals surface area contributed by atoms with Crippen molar-refractivity contribution in [3.63, 3.8) is 0 Å². The Hall–Kier alpha value is -1.40. The van der Waals surface area contributed by atoms with Crippen LogP contribution in [0.2, 0.25) is 0 Å². The van der Waals surface area contributed by atoms with Crippen molar-refractivity contribution < 1.29 is 8.91 Å². The Bertz CT molecular complexity index is 559. The third kappa shape index (κ3) is 3.33. The summed E-state index contributed by atoms with van der Waals surface area (Å²) >= 11 is 1.71. The van der Waals surface area contributed by atoms with E-state index in [1.165, 1.54) is 12.1 Å². The molecule has 1 aromatic heterocycles. The van der Waals surface area contributed by atoms with E-state index in [9.17, 15) is 4.39 Å². The summed E-state index contributed by atoms with van der Waals surface area (Å²) in [4.78, 5) is 4.26. The third-order valence-electron chi connectivity index (χ3n) is 2.83. The molecule has 0 bridgehead atoms. The molecular weight excluding hydrogens is 265 g/mol. The average Bonchev–Trinajstić information content (AvgIpc) is 2.88. The van der Waals surface area contributed by atoms with E-state index in [1.807, 2.05) is 13.2 Å². The maximum Gasteiger partial charge on any atom is 0.243 e. The fraction of sp³-hybridized carbons (Fsp3) is 0.385. The molecule has 0 saturated heterocycles. The van der Waals surface area contributed by atoms with E-state index in [1.54, 1.807) is 17.8 Å². The van der Waals surface area contributed by atoms with E-state index in [-0.39, 0.29) is 11.9 Å². The van der Waals surface area contributed by atoms with Crippen molar-refractivity contribution in [3.8, 4) is 11.4 Å². The summed E-state index contributed by atoms with van der Waals surface area (Å²) in [6, 6.07) is 4.22. The van der Waals surface area contributed by atoms with Gasteiger partial charge in [-0.05, 0) is 43.0 Å². The lowest BCUT2D eigenvalue weighted by Crippen LogP contribution is -2.11. The van der Waals surface area contributed by atoms with Crippen molar-refractivity contribution in [1.82, 2.24) is 10.1 Å². The van der Waals surface area contributed by atoms with Crippen LogP contribution in [-0.2, 0) is 0 Å². The molecule has 2 aromatic rings. The number of aryl methyl sites for hydroxylation is 1. The van der Waals surface area contributed by atoms with Crippen molar-refractivity contribution >= 4 is 11.8 Å². The van der Waals surface area contributed by atoms with E-state index < -0.39 is 0 Å². The molecule has 0 radical (unpaired) electrons. The SMILES string of the molecule is CSCCC(N)c1nc(-c2cc(F)ccc2C)no1. The molecule has 1 aromatic carbocycles. The van der Waals surface area contributed by atoms with Crippen LogP contribution < -0.4 is 5.73 Å². The van der Waals surface area contributed by atoms with Gasteiger partial charge < -0.3 is 10.3 Å². The van der Waals surface area contributed by atoms with Crippen LogP contribution in [0.15, 0.2) is 22.7 Å². The molecule has 1 heterocycles. The normalized spacial score (nSPS) is 12.6. The molecule has 0 fully saturated rings. The maximum atomic E-state index is 13.3. The van der Waals surface area contributed by atoms with Gasteiger partial charge >= 0.3 is 0 Å². The number of halogens is 1. The predicted molar refractivity (Wildman–Crippen MR) is 74.4 cm³/mol. The summed E-state index contributed by atoms with van der Waals surface area (Å²) in [7, 11) is 0. The van der Waals surface area contributed by atoms with Gasteiger partial charge in [0.2, 0.25) is 11.7 Å². The first-order valence-corrected chi connectivity index (χ1v) is 7.36. The number of nitrogens with zero attached hydrogens (tertiary/aromatic N) is 2. The molecule has 6 heteroatoms. The molecule has 0 spiro atoms. The largest absolute Gasteiger partial charge is 0.337 e. The monoisotopic (exact) mass is 281 g/mol. The number of thioether (sulfide) groups is 1. The quantitative estimate of drug-likeness (QED) is 0.912. The minimum Gasteiger partial charge on any atom is -0.337 e. The van der Waals surface area contributed by atoms with Crippen LogP contribution in [-0.4, -0.2) is 22.1 Å². The Morgan fingerprint density at radius 1 is 1.47 bits per heavy atom. The standard InChI is InChI=1S/C13H16FN3OS/c1-8-3-4-9(14)7-10(8)12-16-13(18-17-12)11(15)5-6-19-2/h3-4,7,11H,5-6,15H2,1-2H3. The Balaban J connectivity index is 2.23. The fourth-order valence-corrected chi connectivity index (χ4v) is 2.19. The van der Waals surface area contributed by atoms with Crippen LogP contribution >= 0.6 is 11.8 Å². The zero-order valence-electron chi connectivity index (χ0n) is 10.9. The molecule has 0 aliphatic heterocycles. The lowest BCUT2D eigenvalue weighted by atomic mass is 10.1. The minimum absolute atomic E-state index is 0.275. The molecule has 102 valence electrons. The maximum absolute atomic E-state index is 13.3. The summed E-state index contributed by atoms with van der Waals surface area (Å²) in [6.45, 7) is 1.87. The van der Waals surface area contributed by atoms with Crippen LogP contribution in [0.4, 0.5) is 4.39 Å². The summed E-state index contributed by atoms with van der Waals surface area (Å²) in [5.74, 6) is 1.38. The van der Waals surface area contributed by atoms with Gasteiger partial charge in [0.15, 0.2) is 0 Å². The average molecular weight is 281 g/mol. The lowest BCUT2D eigenvalue weighted by Gasteiger charge is -2.04. The number of nitrogens with two attached hydrogens (primary N) is 1. The van der Waals surface area contributed by atoms with Crippen molar-refractivity contribution in [2.24, 2.45) is 5.73 Å². The van der Waals surface area contributed by atoms with E-state index in [0.29, 0.717) is 17.3 Å². The highest BCUT2D eigenvalue weighted by Gasteiger charge is 2.16. The van der Waals surface area contributed by atoms with Gasteiger partial charge in [0, 0.05) is 5.56 Å². The number of aromatic nitrogens is 2. The second-order valence-corrected chi connectivity index (χ2v) is 5.29. The first kappa shape index (κ1) is 14.0. The van der Waals surface area contributed by atoms with Gasteiger partial charge in [0.1, 0.15) is 5.82 Å². The Kier molecular flexibility index (Phi) is 4.55. The summed E-state index contributed by atoms with van der Waals surface area (Å²) in [6.07, 6.45) is 2.78. The van der Waals surface area contributed by atoms with Gasteiger partial charge in [0.25, 0.3) is 0 Å². The molecule has 2 N–H and O–H groups in total. The van der Waals surface area contributed by atoms with E-state index in [2.05, 4.69) is 10.1 Å². The molecule has 1 atom stereocenters. The molecule has 0 aliphatic carbocycles. The van der Waals surface area contributed by atoms with Crippen molar-refractivity contribution in [1.29, 1.82) is 0 Å². The Labute approximate surface area is 115 Å². The van der Waals surface area contributed by atoms with Gasteiger partial charge in [-0.3, -0.25) is 0 Å². The zero-order chi connectivity index (χ0) is 13.8. The van der Waals surface area contributed by atoms with Gasteiger partial charge in [-0.1, -0.05) is 11.2 Å². The predicted octanol–water partition coefficient (Wildman–Crippen LogP) is 2.94. The highest BCUT2D eigenvalue weighted by atomic mass is 32.2. The summed E-state index contributed by atoms with van der Waals surface area (Å²) in [5.41, 5.74) is 7.48. The number of hydrogen-bond donors (Lipinski definition) is 1. The van der Waals surface area contributed by atoms with Gasteiger partial charge in [0.05, 0.1) is 6.04 Å². The first-order chi connectivity index (χ1) is 9.11. The highest BCUT2D eigenvalue weighted by Crippen LogP contribution is 2.23. The van der Waals surface area contributed by atoms with Crippen molar-refractivity contribution in [3.05, 3.63) is 35.5 Å². The van der Waals surface area contributed by atoms with E-state index in [4.69, 9.17) is 10.3 Å². The lowest BCUT2D eigenvalue weighted by molar-refractivity contribution is 0.353. The third-order valence-corrected chi connectivity index (χ3v) is 3.48.